The van der Waals surface area contributed by atoms with Gasteiger partial charge in [-0.05, 0) is 37.3 Å². The molecule has 1 aliphatic heterocycles. The fraction of sp³-hybridized carbons (Fsp3) is 0.286. The molecular formula is C21H23N7O2. The number of amides is 3. The lowest BCUT2D eigenvalue weighted by Crippen LogP contribution is -2.55. The van der Waals surface area contributed by atoms with Crippen LogP contribution in [0.5, 0.6) is 0 Å². The number of rotatable bonds is 4. The van der Waals surface area contributed by atoms with E-state index in [1.165, 1.54) is 0 Å². The van der Waals surface area contributed by atoms with Crippen molar-refractivity contribution >= 4 is 34.5 Å². The summed E-state index contributed by atoms with van der Waals surface area (Å²) in [4.78, 5) is 41.7. The summed E-state index contributed by atoms with van der Waals surface area (Å²) in [6.45, 7) is 4.02. The molecule has 3 heterocycles. The first kappa shape index (κ1) is 19.6. The van der Waals surface area contributed by atoms with Gasteiger partial charge in [0.15, 0.2) is 0 Å². The molecule has 2 N–H and O–H groups in total. The third kappa shape index (κ3) is 4.29. The van der Waals surface area contributed by atoms with Crippen molar-refractivity contribution in [3.63, 3.8) is 0 Å². The fourth-order valence-electron chi connectivity index (χ4n) is 3.36. The van der Waals surface area contributed by atoms with E-state index in [-0.39, 0.29) is 11.9 Å². The summed E-state index contributed by atoms with van der Waals surface area (Å²) in [6, 6.07) is 10.1. The van der Waals surface area contributed by atoms with Crippen LogP contribution in [-0.4, -0.2) is 64.0 Å². The second-order valence-electron chi connectivity index (χ2n) is 7.06. The van der Waals surface area contributed by atoms with Gasteiger partial charge in [0.25, 0.3) is 0 Å². The van der Waals surface area contributed by atoms with Gasteiger partial charge in [0.05, 0.1) is 11.2 Å². The molecule has 1 atom stereocenters. The number of benzene rings is 1. The number of carbonyl (C=O) groups excluding carboxylic acids is 2. The minimum Gasteiger partial charge on any atom is -0.337 e. The van der Waals surface area contributed by atoms with Crippen LogP contribution in [0.1, 0.15) is 6.92 Å². The van der Waals surface area contributed by atoms with Gasteiger partial charge in [0, 0.05) is 50.2 Å². The third-order valence-electron chi connectivity index (χ3n) is 5.04. The summed E-state index contributed by atoms with van der Waals surface area (Å²) in [7, 11) is 0. The summed E-state index contributed by atoms with van der Waals surface area (Å²) in [5, 5.41) is 6.52. The van der Waals surface area contributed by atoms with E-state index in [9.17, 15) is 9.59 Å². The number of nitrogens with zero attached hydrogens (tertiary/aromatic N) is 5. The van der Waals surface area contributed by atoms with Crippen LogP contribution in [0.15, 0.2) is 55.0 Å². The van der Waals surface area contributed by atoms with Crippen LogP contribution >= 0.6 is 0 Å². The van der Waals surface area contributed by atoms with Crippen LogP contribution in [0.3, 0.4) is 0 Å². The first-order valence-corrected chi connectivity index (χ1v) is 9.84. The van der Waals surface area contributed by atoms with E-state index in [2.05, 4.69) is 25.6 Å². The Morgan fingerprint density at radius 2 is 1.67 bits per heavy atom. The molecule has 1 fully saturated rings. The first-order chi connectivity index (χ1) is 14.6. The molecule has 154 valence electrons. The van der Waals surface area contributed by atoms with Crippen LogP contribution in [0.25, 0.3) is 10.9 Å². The maximum Gasteiger partial charge on any atom is 0.318 e. The largest absolute Gasteiger partial charge is 0.337 e. The molecule has 30 heavy (non-hydrogen) atoms. The lowest BCUT2D eigenvalue weighted by atomic mass is 10.1. The van der Waals surface area contributed by atoms with Gasteiger partial charge in [-0.1, -0.05) is 6.07 Å². The quantitative estimate of drug-likeness (QED) is 0.687. The zero-order chi connectivity index (χ0) is 20.9. The van der Waals surface area contributed by atoms with Gasteiger partial charge in [-0.3, -0.25) is 9.78 Å². The number of piperazine rings is 1. The van der Waals surface area contributed by atoms with Crippen molar-refractivity contribution in [2.24, 2.45) is 0 Å². The van der Waals surface area contributed by atoms with Gasteiger partial charge < -0.3 is 20.4 Å². The number of pyridine rings is 1. The predicted molar refractivity (Wildman–Crippen MR) is 114 cm³/mol. The lowest BCUT2D eigenvalue weighted by Gasteiger charge is -2.35. The van der Waals surface area contributed by atoms with Gasteiger partial charge >= 0.3 is 6.03 Å². The van der Waals surface area contributed by atoms with E-state index in [1.807, 2.05) is 35.2 Å². The van der Waals surface area contributed by atoms with E-state index >= 15 is 0 Å². The van der Waals surface area contributed by atoms with Crippen molar-refractivity contribution in [1.29, 1.82) is 0 Å². The molecule has 0 radical (unpaired) electrons. The molecule has 1 aliphatic rings. The van der Waals surface area contributed by atoms with Crippen molar-refractivity contribution in [2.75, 3.05) is 36.4 Å². The number of nitrogens with one attached hydrogen (secondary N) is 2. The number of hydrogen-bond donors (Lipinski definition) is 2. The summed E-state index contributed by atoms with van der Waals surface area (Å²) >= 11 is 0. The summed E-state index contributed by atoms with van der Waals surface area (Å²) < 4.78 is 0. The van der Waals surface area contributed by atoms with Gasteiger partial charge in [0.2, 0.25) is 11.9 Å². The first-order valence-electron chi connectivity index (χ1n) is 9.84. The Hall–Kier alpha value is -3.75. The Bertz CT molecular complexity index is 1030. The molecule has 1 aromatic carbocycles. The van der Waals surface area contributed by atoms with E-state index in [1.54, 1.807) is 36.5 Å². The molecule has 9 nitrogen and oxygen atoms in total. The minimum atomic E-state index is -0.681. The monoisotopic (exact) mass is 405 g/mol. The highest BCUT2D eigenvalue weighted by Gasteiger charge is 2.25. The molecule has 0 aliphatic carbocycles. The highest BCUT2D eigenvalue weighted by molar-refractivity contribution is 6.03. The highest BCUT2D eigenvalue weighted by atomic mass is 16.2. The van der Waals surface area contributed by atoms with Crippen molar-refractivity contribution in [3.05, 3.63) is 55.0 Å². The Kier molecular flexibility index (Phi) is 5.69. The number of hydrogen-bond acceptors (Lipinski definition) is 6. The Morgan fingerprint density at radius 3 is 2.43 bits per heavy atom. The number of urea groups is 1. The maximum absolute atomic E-state index is 12.6. The van der Waals surface area contributed by atoms with E-state index < -0.39 is 6.04 Å². The Balaban J connectivity index is 1.32. The average Bonchev–Trinajstić information content (AvgIpc) is 2.80. The number of carbonyl (C=O) groups is 2. The Labute approximate surface area is 174 Å². The molecule has 0 saturated carbocycles. The molecule has 1 unspecified atom stereocenters. The Morgan fingerprint density at radius 1 is 0.933 bits per heavy atom. The summed E-state index contributed by atoms with van der Waals surface area (Å²) in [6.07, 6.45) is 5.11. The maximum atomic E-state index is 12.6. The molecule has 4 rings (SSSR count). The van der Waals surface area contributed by atoms with Crippen molar-refractivity contribution in [2.45, 2.75) is 13.0 Å². The van der Waals surface area contributed by atoms with Crippen LogP contribution in [0, 0.1) is 0 Å². The summed E-state index contributed by atoms with van der Waals surface area (Å²) in [5.41, 5.74) is 1.47. The average molecular weight is 405 g/mol. The van der Waals surface area contributed by atoms with E-state index in [0.29, 0.717) is 37.8 Å². The van der Waals surface area contributed by atoms with Crippen LogP contribution in [-0.2, 0) is 4.79 Å². The number of anilines is 2. The van der Waals surface area contributed by atoms with E-state index in [0.717, 1.165) is 10.9 Å². The summed E-state index contributed by atoms with van der Waals surface area (Å²) in [5.74, 6) is 0.380. The molecule has 3 aromatic rings. The molecular weight excluding hydrogens is 382 g/mol. The predicted octanol–water partition coefficient (Wildman–Crippen LogP) is 1.88. The van der Waals surface area contributed by atoms with Gasteiger partial charge in [-0.15, -0.1) is 0 Å². The minimum absolute atomic E-state index is 0.258. The van der Waals surface area contributed by atoms with Gasteiger partial charge in [-0.25, -0.2) is 14.8 Å². The fourth-order valence-corrected chi connectivity index (χ4v) is 3.36. The van der Waals surface area contributed by atoms with Crippen LogP contribution in [0.4, 0.5) is 16.4 Å². The topological polar surface area (TPSA) is 103 Å². The number of fused-ring (bicyclic) bond motifs is 1. The number of aromatic nitrogens is 3. The van der Waals surface area contributed by atoms with Crippen molar-refractivity contribution in [3.8, 4) is 0 Å². The molecule has 2 aromatic heterocycles. The molecule has 0 spiro atoms. The molecule has 9 heteroatoms. The molecule has 3 amide bonds. The second kappa shape index (κ2) is 8.73. The molecule has 1 saturated heterocycles. The van der Waals surface area contributed by atoms with Crippen molar-refractivity contribution in [1.82, 2.24) is 25.2 Å². The third-order valence-corrected chi connectivity index (χ3v) is 5.04. The standard InChI is InChI=1S/C21H23N7O2/c1-15(19(29)26-18-7-2-6-17-16(18)5-3-8-22-17)25-21(30)28-13-11-27(12-14-28)20-23-9-4-10-24-20/h2-10,15H,11-14H2,1H3,(H,25,30)(H,26,29). The van der Waals surface area contributed by atoms with Gasteiger partial charge in [0.1, 0.15) is 6.04 Å². The molecule has 0 bridgehead atoms. The smallest absolute Gasteiger partial charge is 0.318 e. The highest BCUT2D eigenvalue weighted by Crippen LogP contribution is 2.21. The van der Waals surface area contributed by atoms with E-state index in [4.69, 9.17) is 0 Å². The lowest BCUT2D eigenvalue weighted by molar-refractivity contribution is -0.117. The normalized spacial score (nSPS) is 15.0. The zero-order valence-electron chi connectivity index (χ0n) is 16.7. The van der Waals surface area contributed by atoms with Crippen molar-refractivity contribution < 1.29 is 9.59 Å². The van der Waals surface area contributed by atoms with Gasteiger partial charge in [-0.2, -0.15) is 0 Å². The SMILES string of the molecule is CC(NC(=O)N1CCN(c2ncccn2)CC1)C(=O)Nc1cccc2ncccc12. The second-order valence-corrected chi connectivity index (χ2v) is 7.06. The van der Waals surface area contributed by atoms with Crippen LogP contribution in [0.2, 0.25) is 0 Å². The zero-order valence-corrected chi connectivity index (χ0v) is 16.7. The van der Waals surface area contributed by atoms with Crippen LogP contribution < -0.4 is 15.5 Å².